The molecule has 1 aromatic rings. The number of aliphatic imine (C=N–C) groups is 1. The molecule has 0 aliphatic carbocycles. The topological polar surface area (TPSA) is 15.6 Å². The maximum atomic E-state index is 4.30. The molecule has 2 nitrogen and oxygen atoms in total. The second-order valence-electron chi connectivity index (χ2n) is 2.62. The minimum absolute atomic E-state index is 0.778. The first-order valence-corrected chi connectivity index (χ1v) is 4.65. The lowest BCUT2D eigenvalue weighted by atomic mass is 10.3. The Morgan fingerprint density at radius 3 is 2.67 bits per heavy atom. The average Bonchev–Trinajstić information content (AvgIpc) is 2.54. The van der Waals surface area contributed by atoms with Crippen LogP contribution in [-0.4, -0.2) is 11.7 Å². The van der Waals surface area contributed by atoms with Crippen LogP contribution in [0.2, 0.25) is 0 Å². The lowest BCUT2D eigenvalue weighted by Crippen LogP contribution is -2.08. The number of nitrogens with zero attached hydrogens (tertiary/aromatic N) is 2. The van der Waals surface area contributed by atoms with Crippen LogP contribution in [0.15, 0.2) is 35.3 Å². The molecular formula is C9H10N2S. The van der Waals surface area contributed by atoms with Gasteiger partial charge >= 0.3 is 0 Å². The number of hydrogen-bond acceptors (Lipinski definition) is 3. The van der Waals surface area contributed by atoms with Gasteiger partial charge in [0.05, 0.1) is 5.04 Å². The van der Waals surface area contributed by atoms with E-state index in [9.17, 15) is 0 Å². The first kappa shape index (κ1) is 7.68. The molecule has 2 rings (SSSR count). The number of rotatable bonds is 1. The van der Waals surface area contributed by atoms with Crippen LogP contribution in [0.1, 0.15) is 6.92 Å². The highest BCUT2D eigenvalue weighted by Gasteiger charge is 2.12. The summed E-state index contributed by atoms with van der Waals surface area (Å²) in [5.74, 6) is 0. The van der Waals surface area contributed by atoms with E-state index in [1.54, 1.807) is 11.9 Å². The minimum Gasteiger partial charge on any atom is -0.290 e. The molecule has 0 saturated carbocycles. The zero-order chi connectivity index (χ0) is 8.39. The highest BCUT2D eigenvalue weighted by atomic mass is 32.2. The smallest absolute Gasteiger partial charge is 0.122 e. The van der Waals surface area contributed by atoms with Gasteiger partial charge in [-0.2, -0.15) is 0 Å². The van der Waals surface area contributed by atoms with Gasteiger partial charge in [0.2, 0.25) is 0 Å². The van der Waals surface area contributed by atoms with Gasteiger partial charge in [0.1, 0.15) is 6.67 Å². The molecule has 0 bridgehead atoms. The van der Waals surface area contributed by atoms with Gasteiger partial charge in [-0.3, -0.25) is 9.30 Å². The zero-order valence-corrected chi connectivity index (χ0v) is 7.71. The van der Waals surface area contributed by atoms with Crippen molar-refractivity contribution in [2.75, 3.05) is 11.0 Å². The van der Waals surface area contributed by atoms with Crippen LogP contribution in [0.25, 0.3) is 0 Å². The summed E-state index contributed by atoms with van der Waals surface area (Å²) in [6.07, 6.45) is 0. The molecule has 1 aromatic carbocycles. The third-order valence-electron chi connectivity index (χ3n) is 1.71. The first-order valence-electron chi connectivity index (χ1n) is 3.88. The molecule has 0 aromatic heterocycles. The highest BCUT2D eigenvalue weighted by Crippen LogP contribution is 2.26. The Hall–Kier alpha value is -0.960. The predicted molar refractivity (Wildman–Crippen MR) is 54.5 cm³/mol. The third kappa shape index (κ3) is 1.46. The molecule has 0 fully saturated rings. The molecular weight excluding hydrogens is 168 g/mol. The van der Waals surface area contributed by atoms with Crippen LogP contribution < -0.4 is 4.31 Å². The summed E-state index contributed by atoms with van der Waals surface area (Å²) in [5, 5.41) is 1.14. The number of benzene rings is 1. The molecule has 62 valence electrons. The fourth-order valence-corrected chi connectivity index (χ4v) is 1.89. The van der Waals surface area contributed by atoms with Gasteiger partial charge in [-0.15, -0.1) is 0 Å². The summed E-state index contributed by atoms with van der Waals surface area (Å²) in [6, 6.07) is 10.3. The van der Waals surface area contributed by atoms with Crippen molar-refractivity contribution in [1.82, 2.24) is 0 Å². The van der Waals surface area contributed by atoms with Crippen LogP contribution in [0.5, 0.6) is 0 Å². The molecule has 12 heavy (non-hydrogen) atoms. The van der Waals surface area contributed by atoms with Gasteiger partial charge in [-0.25, -0.2) is 0 Å². The second-order valence-corrected chi connectivity index (χ2v) is 3.84. The second kappa shape index (κ2) is 3.19. The van der Waals surface area contributed by atoms with E-state index in [-0.39, 0.29) is 0 Å². The van der Waals surface area contributed by atoms with Crippen molar-refractivity contribution in [2.45, 2.75) is 6.92 Å². The van der Waals surface area contributed by atoms with Gasteiger partial charge in [0.25, 0.3) is 0 Å². The van der Waals surface area contributed by atoms with Crippen molar-refractivity contribution < 1.29 is 0 Å². The molecule has 0 saturated heterocycles. The van der Waals surface area contributed by atoms with E-state index in [1.807, 2.05) is 25.1 Å². The minimum atomic E-state index is 0.778. The normalized spacial score (nSPS) is 16.4. The first-order chi connectivity index (χ1) is 5.86. The molecule has 0 spiro atoms. The van der Waals surface area contributed by atoms with Crippen molar-refractivity contribution in [1.29, 1.82) is 0 Å². The maximum absolute atomic E-state index is 4.30. The average molecular weight is 178 g/mol. The molecule has 0 N–H and O–H groups in total. The quantitative estimate of drug-likeness (QED) is 0.614. The Balaban J connectivity index is 2.14. The molecule has 0 atom stereocenters. The summed E-state index contributed by atoms with van der Waals surface area (Å²) in [5.41, 5.74) is 1.23. The van der Waals surface area contributed by atoms with Crippen LogP contribution in [0.3, 0.4) is 0 Å². The Morgan fingerprint density at radius 1 is 1.33 bits per heavy atom. The predicted octanol–water partition coefficient (Wildman–Crippen LogP) is 2.53. The van der Waals surface area contributed by atoms with Gasteiger partial charge in [-0.05, 0) is 19.1 Å². The van der Waals surface area contributed by atoms with E-state index in [0.717, 1.165) is 11.7 Å². The summed E-state index contributed by atoms with van der Waals surface area (Å²) in [4.78, 5) is 4.30. The summed E-state index contributed by atoms with van der Waals surface area (Å²) >= 11 is 1.70. The van der Waals surface area contributed by atoms with Crippen LogP contribution in [0, 0.1) is 0 Å². The monoisotopic (exact) mass is 178 g/mol. The van der Waals surface area contributed by atoms with Crippen molar-refractivity contribution in [2.24, 2.45) is 4.99 Å². The van der Waals surface area contributed by atoms with Crippen molar-refractivity contribution in [3.8, 4) is 0 Å². The van der Waals surface area contributed by atoms with Crippen molar-refractivity contribution in [3.63, 3.8) is 0 Å². The van der Waals surface area contributed by atoms with E-state index in [2.05, 4.69) is 21.4 Å². The number of hydrogen-bond donors (Lipinski definition) is 0. The van der Waals surface area contributed by atoms with E-state index in [0.29, 0.717) is 0 Å². The Bertz CT molecular complexity index is 295. The van der Waals surface area contributed by atoms with Crippen LogP contribution in [-0.2, 0) is 0 Å². The number of anilines is 1. The zero-order valence-electron chi connectivity index (χ0n) is 6.90. The Morgan fingerprint density at radius 2 is 2.08 bits per heavy atom. The fourth-order valence-electron chi connectivity index (χ4n) is 1.11. The largest absolute Gasteiger partial charge is 0.290 e. The van der Waals surface area contributed by atoms with E-state index >= 15 is 0 Å². The van der Waals surface area contributed by atoms with Crippen molar-refractivity contribution >= 4 is 22.7 Å². The van der Waals surface area contributed by atoms with E-state index < -0.39 is 0 Å². The summed E-state index contributed by atoms with van der Waals surface area (Å²) in [6.45, 7) is 2.81. The van der Waals surface area contributed by atoms with Gasteiger partial charge in [0.15, 0.2) is 0 Å². The third-order valence-corrected chi connectivity index (χ3v) is 2.65. The maximum Gasteiger partial charge on any atom is 0.122 e. The van der Waals surface area contributed by atoms with E-state index in [4.69, 9.17) is 0 Å². The molecule has 0 amide bonds. The van der Waals surface area contributed by atoms with Gasteiger partial charge in [0, 0.05) is 17.6 Å². The molecule has 3 heteroatoms. The van der Waals surface area contributed by atoms with Gasteiger partial charge in [-0.1, -0.05) is 18.2 Å². The highest BCUT2D eigenvalue weighted by molar-refractivity contribution is 8.15. The summed E-state index contributed by atoms with van der Waals surface area (Å²) in [7, 11) is 0. The Kier molecular flexibility index (Phi) is 2.04. The van der Waals surface area contributed by atoms with E-state index in [1.165, 1.54) is 5.69 Å². The summed E-state index contributed by atoms with van der Waals surface area (Å²) < 4.78 is 2.18. The molecule has 0 radical (unpaired) electrons. The lowest BCUT2D eigenvalue weighted by molar-refractivity contribution is 1.08. The fraction of sp³-hybridized carbons (Fsp3) is 0.222. The molecule has 1 aliphatic rings. The van der Waals surface area contributed by atoms with Gasteiger partial charge < -0.3 is 0 Å². The lowest BCUT2D eigenvalue weighted by Gasteiger charge is -2.13. The van der Waals surface area contributed by atoms with Crippen LogP contribution in [0.4, 0.5) is 5.69 Å². The Labute approximate surface area is 76.4 Å². The SMILES string of the molecule is CC1=NCN(c2ccccc2)S1. The number of para-hydroxylation sites is 1. The standard InChI is InChI=1S/C9H10N2S/c1-8-10-7-11(12-8)9-5-3-2-4-6-9/h2-6H,7H2,1H3. The molecule has 1 aliphatic heterocycles. The van der Waals surface area contributed by atoms with Crippen LogP contribution >= 0.6 is 11.9 Å². The molecule has 1 heterocycles. The van der Waals surface area contributed by atoms with Crippen molar-refractivity contribution in [3.05, 3.63) is 30.3 Å². The molecule has 0 unspecified atom stereocenters.